The molecule has 0 radical (unpaired) electrons. The second kappa shape index (κ2) is 8.34. The van der Waals surface area contributed by atoms with E-state index in [9.17, 15) is 19.2 Å². The predicted octanol–water partition coefficient (Wildman–Crippen LogP) is 1.69. The van der Waals surface area contributed by atoms with E-state index in [0.29, 0.717) is 22.1 Å². The molecule has 148 valence electrons. The van der Waals surface area contributed by atoms with Crippen LogP contribution in [0.4, 0.5) is 11.4 Å². The van der Waals surface area contributed by atoms with Gasteiger partial charge in [-0.1, -0.05) is 18.2 Å². The lowest BCUT2D eigenvalue weighted by Gasteiger charge is -2.09. The van der Waals surface area contributed by atoms with Gasteiger partial charge in [0.1, 0.15) is 0 Å². The predicted molar refractivity (Wildman–Crippen MR) is 107 cm³/mol. The number of hydrogen-bond donors (Lipinski definition) is 2. The largest absolute Gasteiger partial charge is 0.451 e. The third-order valence-corrected chi connectivity index (χ3v) is 3.97. The van der Waals surface area contributed by atoms with Crippen molar-refractivity contribution in [1.29, 1.82) is 0 Å². The summed E-state index contributed by atoms with van der Waals surface area (Å²) in [4.78, 5) is 47.6. The first-order valence-electron chi connectivity index (χ1n) is 8.66. The van der Waals surface area contributed by atoms with E-state index in [1.54, 1.807) is 48.5 Å². The number of aryl methyl sites for hydroxylation is 1. The quantitative estimate of drug-likeness (QED) is 0.636. The van der Waals surface area contributed by atoms with E-state index in [0.717, 1.165) is 4.68 Å². The molecule has 0 aliphatic carbocycles. The van der Waals surface area contributed by atoms with Gasteiger partial charge >= 0.3 is 5.97 Å². The fourth-order valence-electron chi connectivity index (χ4n) is 2.69. The van der Waals surface area contributed by atoms with Crippen LogP contribution in [-0.4, -0.2) is 34.2 Å². The van der Waals surface area contributed by atoms with Crippen molar-refractivity contribution < 1.29 is 19.1 Å². The Hall–Kier alpha value is -4.01. The average Bonchev–Trinajstić information content (AvgIpc) is 2.70. The first kappa shape index (κ1) is 19.7. The Morgan fingerprint density at radius 2 is 1.55 bits per heavy atom. The molecule has 2 amide bonds. The number of aromatic nitrogens is 2. The molecule has 0 bridgehead atoms. The highest BCUT2D eigenvalue weighted by atomic mass is 16.5. The summed E-state index contributed by atoms with van der Waals surface area (Å²) >= 11 is 0. The van der Waals surface area contributed by atoms with Crippen molar-refractivity contribution in [2.45, 2.75) is 6.92 Å². The number of nitrogens with zero attached hydrogens (tertiary/aromatic N) is 2. The summed E-state index contributed by atoms with van der Waals surface area (Å²) in [6.45, 7) is 0.873. The van der Waals surface area contributed by atoms with E-state index in [2.05, 4.69) is 15.7 Å². The Balaban J connectivity index is 1.66. The summed E-state index contributed by atoms with van der Waals surface area (Å²) in [6.07, 6.45) is 0. The lowest BCUT2D eigenvalue weighted by Crippen LogP contribution is -2.26. The minimum absolute atomic E-state index is 0.0461. The number of anilines is 2. The molecule has 9 heteroatoms. The maximum absolute atomic E-state index is 12.4. The number of carbonyl (C=O) groups excluding carboxylic acids is 3. The van der Waals surface area contributed by atoms with Gasteiger partial charge in [-0.25, -0.2) is 9.48 Å². The zero-order valence-corrected chi connectivity index (χ0v) is 15.8. The number of carbonyl (C=O) groups is 3. The fourth-order valence-corrected chi connectivity index (χ4v) is 2.69. The van der Waals surface area contributed by atoms with Crippen molar-refractivity contribution in [2.75, 3.05) is 17.2 Å². The Bertz CT molecular complexity index is 1150. The van der Waals surface area contributed by atoms with E-state index in [4.69, 9.17) is 4.74 Å². The molecule has 0 aliphatic heterocycles. The van der Waals surface area contributed by atoms with Gasteiger partial charge in [0.25, 0.3) is 11.5 Å². The van der Waals surface area contributed by atoms with Crippen molar-refractivity contribution in [2.24, 2.45) is 7.05 Å². The van der Waals surface area contributed by atoms with E-state index in [1.165, 1.54) is 14.0 Å². The number of amides is 2. The van der Waals surface area contributed by atoms with Crippen LogP contribution in [-0.2, 0) is 21.4 Å². The molecule has 0 saturated heterocycles. The van der Waals surface area contributed by atoms with Gasteiger partial charge < -0.3 is 15.4 Å². The summed E-state index contributed by atoms with van der Waals surface area (Å²) in [7, 11) is 1.43. The third-order valence-electron chi connectivity index (χ3n) is 3.97. The topological polar surface area (TPSA) is 119 Å². The molecule has 1 heterocycles. The summed E-state index contributed by atoms with van der Waals surface area (Å²) in [5, 5.41) is 9.85. The molecule has 0 spiro atoms. The number of benzene rings is 2. The Morgan fingerprint density at radius 1 is 0.966 bits per heavy atom. The first-order chi connectivity index (χ1) is 13.8. The average molecular weight is 394 g/mol. The van der Waals surface area contributed by atoms with E-state index < -0.39 is 18.5 Å². The van der Waals surface area contributed by atoms with Crippen LogP contribution < -0.4 is 16.2 Å². The van der Waals surface area contributed by atoms with Gasteiger partial charge in [-0.2, -0.15) is 5.10 Å². The van der Waals surface area contributed by atoms with E-state index in [-0.39, 0.29) is 17.2 Å². The highest BCUT2D eigenvalue weighted by Gasteiger charge is 2.18. The van der Waals surface area contributed by atoms with Crippen LogP contribution in [0.2, 0.25) is 0 Å². The molecule has 0 fully saturated rings. The second-order valence-electron chi connectivity index (χ2n) is 6.21. The van der Waals surface area contributed by atoms with Crippen molar-refractivity contribution in [3.63, 3.8) is 0 Å². The molecule has 3 rings (SSSR count). The Morgan fingerprint density at radius 3 is 2.17 bits per heavy atom. The lowest BCUT2D eigenvalue weighted by molar-refractivity contribution is -0.119. The Labute approximate surface area is 165 Å². The molecule has 0 aliphatic rings. The van der Waals surface area contributed by atoms with Crippen LogP contribution in [0.15, 0.2) is 53.3 Å². The summed E-state index contributed by atoms with van der Waals surface area (Å²) in [6, 6.07) is 13.0. The standard InChI is InChI=1S/C20H18N4O5/c1-12(25)21-13-7-9-14(10-8-13)22-17(26)11-29-20(28)18-15-5-3-4-6-16(15)19(27)24(2)23-18/h3-10H,11H2,1-2H3,(H,21,25)(H,22,26). The molecular formula is C20H18N4O5. The minimum atomic E-state index is -0.812. The number of hydrogen-bond acceptors (Lipinski definition) is 6. The van der Waals surface area contributed by atoms with Crippen LogP contribution in [0, 0.1) is 0 Å². The van der Waals surface area contributed by atoms with Crippen molar-refractivity contribution in [3.05, 3.63) is 64.6 Å². The highest BCUT2D eigenvalue weighted by molar-refractivity contribution is 6.03. The molecule has 0 unspecified atom stereocenters. The Kier molecular flexibility index (Phi) is 5.68. The van der Waals surface area contributed by atoms with Gasteiger partial charge in [-0.05, 0) is 30.3 Å². The van der Waals surface area contributed by atoms with Gasteiger partial charge in [0, 0.05) is 30.7 Å². The molecule has 0 atom stereocenters. The molecule has 1 aromatic heterocycles. The van der Waals surface area contributed by atoms with Crippen LogP contribution in [0.1, 0.15) is 17.4 Å². The summed E-state index contributed by atoms with van der Waals surface area (Å²) in [5.74, 6) is -1.55. The van der Waals surface area contributed by atoms with Gasteiger partial charge in [-0.15, -0.1) is 0 Å². The second-order valence-corrected chi connectivity index (χ2v) is 6.21. The number of nitrogens with one attached hydrogen (secondary N) is 2. The van der Waals surface area contributed by atoms with E-state index >= 15 is 0 Å². The van der Waals surface area contributed by atoms with Crippen LogP contribution >= 0.6 is 0 Å². The zero-order valence-electron chi connectivity index (χ0n) is 15.8. The molecule has 9 nitrogen and oxygen atoms in total. The number of rotatable bonds is 5. The maximum Gasteiger partial charge on any atom is 0.359 e. The zero-order chi connectivity index (χ0) is 21.0. The van der Waals surface area contributed by atoms with Gasteiger partial charge in [0.15, 0.2) is 12.3 Å². The van der Waals surface area contributed by atoms with Gasteiger partial charge in [-0.3, -0.25) is 14.4 Å². The van der Waals surface area contributed by atoms with Crippen LogP contribution in [0.5, 0.6) is 0 Å². The number of esters is 1. The molecular weight excluding hydrogens is 376 g/mol. The molecule has 0 saturated carbocycles. The smallest absolute Gasteiger partial charge is 0.359 e. The minimum Gasteiger partial charge on any atom is -0.451 e. The lowest BCUT2D eigenvalue weighted by atomic mass is 10.1. The number of ether oxygens (including phenoxy) is 1. The monoisotopic (exact) mass is 394 g/mol. The third kappa shape index (κ3) is 4.64. The molecule has 3 aromatic rings. The van der Waals surface area contributed by atoms with E-state index in [1.807, 2.05) is 0 Å². The van der Waals surface area contributed by atoms with Gasteiger partial charge in [0.2, 0.25) is 5.91 Å². The molecule has 2 N–H and O–H groups in total. The fraction of sp³-hybridized carbons (Fsp3) is 0.150. The molecule has 29 heavy (non-hydrogen) atoms. The number of fused-ring (bicyclic) bond motifs is 1. The van der Waals surface area contributed by atoms with Gasteiger partial charge in [0.05, 0.1) is 5.39 Å². The van der Waals surface area contributed by atoms with Crippen molar-refractivity contribution >= 4 is 39.9 Å². The van der Waals surface area contributed by atoms with Crippen LogP contribution in [0.25, 0.3) is 10.8 Å². The normalized spacial score (nSPS) is 10.4. The summed E-state index contributed by atoms with van der Waals surface area (Å²) < 4.78 is 6.11. The van der Waals surface area contributed by atoms with Crippen molar-refractivity contribution in [1.82, 2.24) is 9.78 Å². The van der Waals surface area contributed by atoms with Crippen molar-refractivity contribution in [3.8, 4) is 0 Å². The maximum atomic E-state index is 12.4. The molecule has 2 aromatic carbocycles. The SMILES string of the molecule is CC(=O)Nc1ccc(NC(=O)COC(=O)c2nn(C)c(=O)c3ccccc23)cc1. The first-order valence-corrected chi connectivity index (χ1v) is 8.66. The summed E-state index contributed by atoms with van der Waals surface area (Å²) in [5.41, 5.74) is 0.688. The highest BCUT2D eigenvalue weighted by Crippen LogP contribution is 2.15. The van der Waals surface area contributed by atoms with Crippen LogP contribution in [0.3, 0.4) is 0 Å².